The molecule has 4 nitrogen and oxygen atoms in total. The van der Waals surface area contributed by atoms with Crippen molar-refractivity contribution in [2.75, 3.05) is 11.5 Å². The average molecular weight is 225 g/mol. The van der Waals surface area contributed by atoms with E-state index in [4.69, 9.17) is 21.6 Å². The molecular weight excluding hydrogens is 216 g/mol. The summed E-state index contributed by atoms with van der Waals surface area (Å²) in [7, 11) is 0. The number of nitriles is 1. The number of carbonyl (C=O) groups is 1. The molecule has 0 bridgehead atoms. The first-order chi connectivity index (χ1) is 7.19. The van der Waals surface area contributed by atoms with E-state index in [-0.39, 0.29) is 6.61 Å². The molecule has 0 saturated carbocycles. The fourth-order valence-electron chi connectivity index (χ4n) is 1.01. The first-order valence-electron chi connectivity index (χ1n) is 4.31. The van der Waals surface area contributed by atoms with Crippen molar-refractivity contribution in [3.8, 4) is 6.19 Å². The van der Waals surface area contributed by atoms with E-state index < -0.39 is 6.09 Å². The van der Waals surface area contributed by atoms with Gasteiger partial charge in [0.25, 0.3) is 0 Å². The monoisotopic (exact) mass is 224 g/mol. The summed E-state index contributed by atoms with van der Waals surface area (Å²) < 4.78 is 4.71. The number of halogens is 1. The van der Waals surface area contributed by atoms with E-state index in [2.05, 4.69) is 0 Å². The summed E-state index contributed by atoms with van der Waals surface area (Å²) in [6, 6.07) is 6.43. The number of ether oxygens (including phenoxy) is 1. The number of benzene rings is 1. The van der Waals surface area contributed by atoms with Gasteiger partial charge in [-0.05, 0) is 25.1 Å². The van der Waals surface area contributed by atoms with Crippen LogP contribution in [0.25, 0.3) is 0 Å². The zero-order chi connectivity index (χ0) is 11.3. The molecule has 0 heterocycles. The SMILES string of the molecule is CCOC(=O)N(C#N)c1cccc(Cl)c1. The number of hydrogen-bond acceptors (Lipinski definition) is 3. The summed E-state index contributed by atoms with van der Waals surface area (Å²) in [6.45, 7) is 1.89. The van der Waals surface area contributed by atoms with Crippen molar-refractivity contribution in [3.05, 3.63) is 29.3 Å². The van der Waals surface area contributed by atoms with Crippen molar-refractivity contribution < 1.29 is 9.53 Å². The van der Waals surface area contributed by atoms with E-state index in [1.807, 2.05) is 0 Å². The Bertz CT molecular complexity index is 401. The van der Waals surface area contributed by atoms with E-state index in [0.717, 1.165) is 4.90 Å². The van der Waals surface area contributed by atoms with Gasteiger partial charge in [0.2, 0.25) is 0 Å². The standard InChI is InChI=1S/C10H9ClN2O2/c1-2-15-10(14)13(7-12)9-5-3-4-8(11)6-9/h3-6H,2H2,1H3. The predicted molar refractivity (Wildman–Crippen MR) is 56.6 cm³/mol. The summed E-state index contributed by atoms with van der Waals surface area (Å²) in [5.41, 5.74) is 0.392. The molecule has 0 N–H and O–H groups in total. The zero-order valence-corrected chi connectivity index (χ0v) is 8.86. The van der Waals surface area contributed by atoms with Gasteiger partial charge in [-0.1, -0.05) is 17.7 Å². The summed E-state index contributed by atoms with van der Waals surface area (Å²) in [4.78, 5) is 12.2. The fourth-order valence-corrected chi connectivity index (χ4v) is 1.19. The number of rotatable bonds is 2. The number of amides is 1. The summed E-state index contributed by atoms with van der Waals surface area (Å²) in [5.74, 6) is 0. The molecule has 0 aliphatic rings. The number of anilines is 1. The second-order valence-electron chi connectivity index (χ2n) is 2.61. The van der Waals surface area contributed by atoms with Crippen molar-refractivity contribution in [1.82, 2.24) is 0 Å². The van der Waals surface area contributed by atoms with Crippen LogP contribution in [0.1, 0.15) is 6.92 Å². The van der Waals surface area contributed by atoms with E-state index in [1.165, 1.54) is 6.07 Å². The smallest absolute Gasteiger partial charge is 0.427 e. The van der Waals surface area contributed by atoms with Crippen LogP contribution in [0.3, 0.4) is 0 Å². The molecule has 0 fully saturated rings. The highest BCUT2D eigenvalue weighted by molar-refractivity contribution is 6.30. The van der Waals surface area contributed by atoms with Gasteiger partial charge in [-0.15, -0.1) is 0 Å². The average Bonchev–Trinajstić information content (AvgIpc) is 2.19. The lowest BCUT2D eigenvalue weighted by molar-refractivity contribution is 0.163. The maximum absolute atomic E-state index is 11.3. The molecule has 1 amide bonds. The van der Waals surface area contributed by atoms with Gasteiger partial charge >= 0.3 is 6.09 Å². The third-order valence-electron chi connectivity index (χ3n) is 1.62. The Hall–Kier alpha value is -1.73. The fraction of sp³-hybridized carbons (Fsp3) is 0.200. The van der Waals surface area contributed by atoms with Crippen LogP contribution >= 0.6 is 11.6 Å². The van der Waals surface area contributed by atoms with E-state index in [9.17, 15) is 4.79 Å². The maximum atomic E-state index is 11.3. The number of hydrogen-bond donors (Lipinski definition) is 0. The Kier molecular flexibility index (Phi) is 3.95. The van der Waals surface area contributed by atoms with Gasteiger partial charge in [-0.3, -0.25) is 0 Å². The molecule has 0 aliphatic carbocycles. The Morgan fingerprint density at radius 2 is 2.40 bits per heavy atom. The second kappa shape index (κ2) is 5.23. The van der Waals surface area contributed by atoms with Crippen molar-refractivity contribution in [1.29, 1.82) is 5.26 Å². The molecule has 0 atom stereocenters. The molecule has 0 radical (unpaired) electrons. The highest BCUT2D eigenvalue weighted by atomic mass is 35.5. The normalized spacial score (nSPS) is 9.13. The number of nitrogens with zero attached hydrogens (tertiary/aromatic N) is 2. The van der Waals surface area contributed by atoms with Gasteiger partial charge in [-0.2, -0.15) is 10.2 Å². The van der Waals surface area contributed by atoms with Crippen LogP contribution in [0.5, 0.6) is 0 Å². The molecule has 0 saturated heterocycles. The van der Waals surface area contributed by atoms with Crippen LogP contribution in [0.15, 0.2) is 24.3 Å². The third kappa shape index (κ3) is 2.86. The molecule has 15 heavy (non-hydrogen) atoms. The largest absolute Gasteiger partial charge is 0.449 e. The van der Waals surface area contributed by atoms with Gasteiger partial charge in [-0.25, -0.2) is 4.79 Å². The van der Waals surface area contributed by atoms with Gasteiger partial charge < -0.3 is 4.74 Å². The molecule has 78 valence electrons. The lowest BCUT2D eigenvalue weighted by atomic mass is 10.3. The Labute approximate surface area is 92.6 Å². The quantitative estimate of drug-likeness (QED) is 0.573. The van der Waals surface area contributed by atoms with Gasteiger partial charge in [0.15, 0.2) is 6.19 Å². The molecule has 0 spiro atoms. The van der Waals surface area contributed by atoms with Crippen LogP contribution in [-0.4, -0.2) is 12.7 Å². The van der Waals surface area contributed by atoms with E-state index in [0.29, 0.717) is 10.7 Å². The van der Waals surface area contributed by atoms with Crippen molar-refractivity contribution in [3.63, 3.8) is 0 Å². The van der Waals surface area contributed by atoms with Crippen molar-refractivity contribution in [2.24, 2.45) is 0 Å². The minimum Gasteiger partial charge on any atom is -0.449 e. The summed E-state index contributed by atoms with van der Waals surface area (Å²) >= 11 is 5.74. The molecule has 0 aromatic heterocycles. The maximum Gasteiger partial charge on any atom is 0.427 e. The minimum absolute atomic E-state index is 0.220. The Morgan fingerprint density at radius 3 is 2.93 bits per heavy atom. The second-order valence-corrected chi connectivity index (χ2v) is 3.05. The minimum atomic E-state index is -0.706. The van der Waals surface area contributed by atoms with Gasteiger partial charge in [0, 0.05) is 5.02 Å². The molecule has 1 rings (SSSR count). The van der Waals surface area contributed by atoms with Crippen molar-refractivity contribution >= 4 is 23.4 Å². The topological polar surface area (TPSA) is 53.3 Å². The van der Waals surface area contributed by atoms with Crippen LogP contribution in [-0.2, 0) is 4.74 Å². The molecule has 0 unspecified atom stereocenters. The lowest BCUT2D eigenvalue weighted by Gasteiger charge is -2.12. The predicted octanol–water partition coefficient (Wildman–Crippen LogP) is 2.78. The van der Waals surface area contributed by atoms with Gasteiger partial charge in [0.1, 0.15) is 0 Å². The highest BCUT2D eigenvalue weighted by Crippen LogP contribution is 2.19. The van der Waals surface area contributed by atoms with E-state index in [1.54, 1.807) is 31.3 Å². The van der Waals surface area contributed by atoms with Crippen molar-refractivity contribution in [2.45, 2.75) is 6.92 Å². The lowest BCUT2D eigenvalue weighted by Crippen LogP contribution is -2.26. The van der Waals surface area contributed by atoms with Crippen LogP contribution < -0.4 is 4.90 Å². The van der Waals surface area contributed by atoms with Crippen LogP contribution in [0, 0.1) is 11.5 Å². The molecule has 5 heteroatoms. The summed E-state index contributed by atoms with van der Waals surface area (Å²) in [6.07, 6.45) is 1.02. The Morgan fingerprint density at radius 1 is 1.67 bits per heavy atom. The van der Waals surface area contributed by atoms with Crippen LogP contribution in [0.4, 0.5) is 10.5 Å². The molecule has 0 aliphatic heterocycles. The first kappa shape index (κ1) is 11.3. The third-order valence-corrected chi connectivity index (χ3v) is 1.85. The van der Waals surface area contributed by atoms with E-state index >= 15 is 0 Å². The molecule has 1 aromatic carbocycles. The Balaban J connectivity index is 2.93. The van der Waals surface area contributed by atoms with Gasteiger partial charge in [0.05, 0.1) is 12.3 Å². The zero-order valence-electron chi connectivity index (χ0n) is 8.11. The molecular formula is C10H9ClN2O2. The summed E-state index contributed by atoms with van der Waals surface area (Å²) in [5, 5.41) is 9.26. The first-order valence-corrected chi connectivity index (χ1v) is 4.69. The van der Waals surface area contributed by atoms with Crippen LogP contribution in [0.2, 0.25) is 5.02 Å². The highest BCUT2D eigenvalue weighted by Gasteiger charge is 2.16. The number of carbonyl (C=O) groups excluding carboxylic acids is 1. The molecule has 1 aromatic rings.